The molecule has 2 aromatic rings. The zero-order valence-electron chi connectivity index (χ0n) is 51.4. The topological polar surface area (TPSA) is 108 Å². The Bertz CT molecular complexity index is 1760. The molecule has 0 heterocycles. The summed E-state index contributed by atoms with van der Waals surface area (Å²) in [4.78, 5) is 54.3. The number of amides is 1. The predicted molar refractivity (Wildman–Crippen MR) is 340 cm³/mol. The van der Waals surface area contributed by atoms with E-state index in [4.69, 9.17) is 14.2 Å². The van der Waals surface area contributed by atoms with Crippen molar-refractivity contribution in [1.29, 1.82) is 0 Å². The van der Waals surface area contributed by atoms with Crippen LogP contribution in [0.3, 0.4) is 0 Å². The molecule has 0 bridgehead atoms. The molecule has 0 radical (unpaired) electrons. The molecule has 0 spiro atoms. The first-order valence-corrected chi connectivity index (χ1v) is 34.4. The Morgan fingerprint density at radius 1 is 0.412 bits per heavy atom. The van der Waals surface area contributed by atoms with E-state index in [-0.39, 0.29) is 36.0 Å². The smallest absolute Gasteiger partial charge is 0.330 e. The second-order valence-corrected chi connectivity index (χ2v) is 23.8. The molecule has 0 fully saturated rings. The van der Waals surface area contributed by atoms with E-state index in [2.05, 4.69) is 50.4 Å². The molecule has 2 aromatic carbocycles. The average molecular weight is 1130 g/mol. The molecule has 0 saturated heterocycles. The molecule has 80 heavy (non-hydrogen) atoms. The summed E-state index contributed by atoms with van der Waals surface area (Å²) in [6.45, 7) is 6.73. The Labute approximate surface area is 494 Å². The molecule has 9 heteroatoms. The van der Waals surface area contributed by atoms with Crippen LogP contribution in [-0.4, -0.2) is 54.1 Å². The minimum Gasteiger partial charge on any atom is -0.462 e. The van der Waals surface area contributed by atoms with Crippen LogP contribution in [0, 0.1) is 0 Å². The van der Waals surface area contributed by atoms with Gasteiger partial charge in [0.05, 0.1) is 0 Å². The van der Waals surface area contributed by atoms with Crippen molar-refractivity contribution in [3.63, 3.8) is 0 Å². The summed E-state index contributed by atoms with van der Waals surface area (Å²) in [5, 5.41) is 3.03. The van der Waals surface area contributed by atoms with Gasteiger partial charge in [0.15, 0.2) is 6.10 Å². The molecule has 454 valence electrons. The summed E-state index contributed by atoms with van der Waals surface area (Å²) in [7, 11) is 0. The number of thioether (sulfide) groups is 1. The van der Waals surface area contributed by atoms with Crippen LogP contribution < -0.4 is 5.32 Å². The van der Waals surface area contributed by atoms with Crippen molar-refractivity contribution in [3.8, 4) is 0 Å². The fourth-order valence-electron chi connectivity index (χ4n) is 10.1. The normalized spacial score (nSPS) is 12.3. The lowest BCUT2D eigenvalue weighted by molar-refractivity contribution is -0.157. The van der Waals surface area contributed by atoms with Gasteiger partial charge in [-0.3, -0.25) is 14.4 Å². The Kier molecular flexibility index (Phi) is 49.1. The summed E-state index contributed by atoms with van der Waals surface area (Å²) in [5.41, 5.74) is 1.66. The first-order valence-electron chi connectivity index (χ1n) is 33.2. The highest BCUT2D eigenvalue weighted by Crippen LogP contribution is 2.27. The quantitative estimate of drug-likeness (QED) is 0.0302. The molecule has 2 atom stereocenters. The number of unbranched alkanes of at least 4 members (excludes halogenated alkanes) is 34. The molecule has 2 rings (SSSR count). The third-order valence-electron chi connectivity index (χ3n) is 15.2. The van der Waals surface area contributed by atoms with Gasteiger partial charge in [0.1, 0.15) is 18.8 Å². The van der Waals surface area contributed by atoms with Gasteiger partial charge in [-0.25, -0.2) is 4.79 Å². The highest BCUT2D eigenvalue weighted by atomic mass is 32.2. The first-order chi connectivity index (χ1) is 39.4. The van der Waals surface area contributed by atoms with E-state index in [1.165, 1.54) is 172 Å². The third-order valence-corrected chi connectivity index (χ3v) is 16.3. The van der Waals surface area contributed by atoms with Crippen molar-refractivity contribution in [2.75, 3.05) is 18.1 Å². The van der Waals surface area contributed by atoms with E-state index in [0.717, 1.165) is 101 Å². The number of hydrogen-bond acceptors (Lipinski definition) is 8. The highest BCUT2D eigenvalue weighted by Gasteiger charge is 2.28. The van der Waals surface area contributed by atoms with Gasteiger partial charge in [-0.1, -0.05) is 286 Å². The number of ether oxygens (including phenoxy) is 3. The molecule has 0 aliphatic heterocycles. The molecule has 1 amide bonds. The van der Waals surface area contributed by atoms with Crippen LogP contribution in [0.5, 0.6) is 0 Å². The summed E-state index contributed by atoms with van der Waals surface area (Å²) in [6.07, 6.45) is 55.6. The number of carbonyl (C=O) groups is 4. The lowest BCUT2D eigenvalue weighted by Gasteiger charge is -2.24. The zero-order chi connectivity index (χ0) is 57.5. The van der Waals surface area contributed by atoms with Gasteiger partial charge >= 0.3 is 17.9 Å². The van der Waals surface area contributed by atoms with Crippen LogP contribution in [0.4, 0.5) is 0 Å². The molecular weight excluding hydrogens is 1010 g/mol. The van der Waals surface area contributed by atoms with E-state index in [1.54, 1.807) is 0 Å². The highest BCUT2D eigenvalue weighted by molar-refractivity contribution is 7.99. The maximum atomic E-state index is 14.3. The SMILES string of the molecule is CCCCCCCCC=CCCCCCCCC(=O)OC[C@H](CSC[C@H](NC(=O)CCCCCCCCCCCCCCC)C(=O)OC(c1ccccc1)c1ccccc1)OC(=O)CCCCCCCC=CCCCCCCCC. The fourth-order valence-corrected chi connectivity index (χ4v) is 11.2. The number of benzene rings is 2. The van der Waals surface area contributed by atoms with Gasteiger partial charge in [0.2, 0.25) is 5.91 Å². The second-order valence-electron chi connectivity index (χ2n) is 22.8. The molecule has 0 unspecified atom stereocenters. The lowest BCUT2D eigenvalue weighted by atomic mass is 10.0. The van der Waals surface area contributed by atoms with Gasteiger partial charge in [-0.15, -0.1) is 0 Å². The maximum Gasteiger partial charge on any atom is 0.330 e. The molecule has 0 saturated carbocycles. The fraction of sp³-hybridized carbons (Fsp3) is 0.718. The van der Waals surface area contributed by atoms with E-state index in [1.807, 2.05) is 60.7 Å². The van der Waals surface area contributed by atoms with Crippen molar-refractivity contribution in [1.82, 2.24) is 5.32 Å². The second kappa shape index (κ2) is 54.4. The molecular formula is C71H117NO7S. The molecule has 0 aliphatic rings. The number of rotatable bonds is 56. The van der Waals surface area contributed by atoms with Crippen molar-refractivity contribution in [2.45, 2.75) is 309 Å². The van der Waals surface area contributed by atoms with Crippen LogP contribution in [0.25, 0.3) is 0 Å². The molecule has 0 aliphatic carbocycles. The minimum absolute atomic E-state index is 0.0559. The van der Waals surface area contributed by atoms with Gasteiger partial charge in [0.25, 0.3) is 0 Å². The van der Waals surface area contributed by atoms with E-state index >= 15 is 0 Å². The van der Waals surface area contributed by atoms with Gasteiger partial charge in [0, 0.05) is 30.8 Å². The van der Waals surface area contributed by atoms with Crippen LogP contribution in [-0.2, 0) is 33.4 Å². The predicted octanol–water partition coefficient (Wildman–Crippen LogP) is 20.5. The number of carbonyl (C=O) groups excluding carboxylic acids is 4. The standard InChI is InChI=1S/C71H117NO7S/c1-4-7-10-13-16-19-22-25-27-30-33-36-39-42-51-58-68(74)77-60-65(78-69(75)59-52-43-40-37-34-31-28-26-23-20-17-14-11-8-5-2)61-80-62-66(71(76)79-70(63-53-46-44-47-54-63)64-55-48-45-49-56-64)72-67(73)57-50-41-38-35-32-29-24-21-18-15-12-9-6-3/h25-28,44-49,53-56,65-66,70H,4-24,29-43,50-52,57-62H2,1-3H3,(H,72,73)/t65-,66+/m1/s1. The van der Waals surface area contributed by atoms with E-state index in [0.29, 0.717) is 19.3 Å². The summed E-state index contributed by atoms with van der Waals surface area (Å²) in [5.74, 6) is -0.821. The molecule has 8 nitrogen and oxygen atoms in total. The monoisotopic (exact) mass is 1130 g/mol. The average Bonchev–Trinajstić information content (AvgIpc) is 3.48. The lowest BCUT2D eigenvalue weighted by Crippen LogP contribution is -2.44. The van der Waals surface area contributed by atoms with Crippen molar-refractivity contribution in [2.24, 2.45) is 0 Å². The largest absolute Gasteiger partial charge is 0.462 e. The van der Waals surface area contributed by atoms with Crippen LogP contribution >= 0.6 is 11.8 Å². The molecule has 1 N–H and O–H groups in total. The minimum atomic E-state index is -0.944. The van der Waals surface area contributed by atoms with E-state index < -0.39 is 24.2 Å². The van der Waals surface area contributed by atoms with Gasteiger partial charge in [-0.2, -0.15) is 11.8 Å². The van der Waals surface area contributed by atoms with Crippen molar-refractivity contribution < 1.29 is 33.4 Å². The van der Waals surface area contributed by atoms with E-state index in [9.17, 15) is 19.2 Å². The maximum absolute atomic E-state index is 14.3. The Balaban J connectivity index is 1.98. The summed E-state index contributed by atoms with van der Waals surface area (Å²) >= 11 is 1.39. The summed E-state index contributed by atoms with van der Waals surface area (Å²) in [6, 6.07) is 18.4. The summed E-state index contributed by atoms with van der Waals surface area (Å²) < 4.78 is 18.1. The Hall–Kier alpha value is -3.85. The van der Waals surface area contributed by atoms with Gasteiger partial charge < -0.3 is 19.5 Å². The van der Waals surface area contributed by atoms with Crippen molar-refractivity contribution >= 4 is 35.6 Å². The van der Waals surface area contributed by atoms with Crippen LogP contribution in [0.1, 0.15) is 308 Å². The van der Waals surface area contributed by atoms with Gasteiger partial charge in [-0.05, 0) is 81.8 Å². The number of allylic oxidation sites excluding steroid dienone is 4. The molecule has 0 aromatic heterocycles. The Morgan fingerprint density at radius 2 is 0.762 bits per heavy atom. The third kappa shape index (κ3) is 42.9. The number of nitrogens with one attached hydrogen (secondary N) is 1. The number of hydrogen-bond donors (Lipinski definition) is 1. The zero-order valence-corrected chi connectivity index (χ0v) is 52.2. The Morgan fingerprint density at radius 3 is 1.16 bits per heavy atom. The first kappa shape index (κ1) is 72.3. The van der Waals surface area contributed by atoms with Crippen LogP contribution in [0.15, 0.2) is 85.0 Å². The van der Waals surface area contributed by atoms with Crippen LogP contribution in [0.2, 0.25) is 0 Å². The number of esters is 3. The van der Waals surface area contributed by atoms with Crippen molar-refractivity contribution in [3.05, 3.63) is 96.1 Å².